The fraction of sp³-hybridized carbons (Fsp3) is 0.545. The molecule has 0 fully saturated rings. The molecule has 3 heteroatoms. The standard InChI is InChI=1S/C11H18N2O/c1-6(2)5-9-7(3)10(12)11(14)13-8(9)4/h6H,5,12H2,1-4H3,(H,13,14). The number of aryl methyl sites for hydroxylation is 1. The summed E-state index contributed by atoms with van der Waals surface area (Å²) in [7, 11) is 0. The molecule has 0 aliphatic heterocycles. The number of nitrogens with one attached hydrogen (secondary N) is 1. The summed E-state index contributed by atoms with van der Waals surface area (Å²) in [5, 5.41) is 0. The first-order chi connectivity index (χ1) is 6.43. The predicted octanol–water partition coefficient (Wildman–Crippen LogP) is 1.77. The number of anilines is 1. The Balaban J connectivity index is 3.29. The predicted molar refractivity (Wildman–Crippen MR) is 59.5 cm³/mol. The van der Waals surface area contributed by atoms with Gasteiger partial charge in [0.25, 0.3) is 5.56 Å². The van der Waals surface area contributed by atoms with Gasteiger partial charge in [-0.1, -0.05) is 13.8 Å². The maximum Gasteiger partial charge on any atom is 0.271 e. The van der Waals surface area contributed by atoms with Gasteiger partial charge in [-0.15, -0.1) is 0 Å². The van der Waals surface area contributed by atoms with Crippen LogP contribution in [0.25, 0.3) is 0 Å². The third kappa shape index (κ3) is 1.97. The molecule has 0 aromatic carbocycles. The van der Waals surface area contributed by atoms with Crippen LogP contribution in [0.2, 0.25) is 0 Å². The lowest BCUT2D eigenvalue weighted by Crippen LogP contribution is -2.18. The average Bonchev–Trinajstić information content (AvgIpc) is 2.09. The van der Waals surface area contributed by atoms with Crippen molar-refractivity contribution in [2.75, 3.05) is 5.73 Å². The van der Waals surface area contributed by atoms with Crippen molar-refractivity contribution in [2.24, 2.45) is 5.92 Å². The van der Waals surface area contributed by atoms with Crippen LogP contribution in [0.1, 0.15) is 30.7 Å². The number of H-pyrrole nitrogens is 1. The summed E-state index contributed by atoms with van der Waals surface area (Å²) in [6.07, 6.45) is 0.957. The molecule has 3 nitrogen and oxygen atoms in total. The summed E-state index contributed by atoms with van der Waals surface area (Å²) in [5.74, 6) is 0.567. The molecule has 1 rings (SSSR count). The summed E-state index contributed by atoms with van der Waals surface area (Å²) in [6.45, 7) is 8.14. The molecule has 0 unspecified atom stereocenters. The lowest BCUT2D eigenvalue weighted by molar-refractivity contribution is 0.639. The fourth-order valence-electron chi connectivity index (χ4n) is 1.64. The zero-order valence-electron chi connectivity index (χ0n) is 9.27. The van der Waals surface area contributed by atoms with E-state index in [1.54, 1.807) is 0 Å². The molecule has 0 aliphatic carbocycles. The molecule has 78 valence electrons. The van der Waals surface area contributed by atoms with E-state index in [4.69, 9.17) is 5.73 Å². The molecule has 0 amide bonds. The molecular weight excluding hydrogens is 176 g/mol. The molecule has 1 aromatic rings. The number of pyridine rings is 1. The van der Waals surface area contributed by atoms with Gasteiger partial charge >= 0.3 is 0 Å². The fourth-order valence-corrected chi connectivity index (χ4v) is 1.64. The van der Waals surface area contributed by atoms with Crippen LogP contribution >= 0.6 is 0 Å². The summed E-state index contributed by atoms with van der Waals surface area (Å²) >= 11 is 0. The minimum Gasteiger partial charge on any atom is -0.394 e. The Labute approximate surface area is 84.3 Å². The van der Waals surface area contributed by atoms with Gasteiger partial charge in [-0.25, -0.2) is 0 Å². The Kier molecular flexibility index (Phi) is 2.99. The Morgan fingerprint density at radius 2 is 1.93 bits per heavy atom. The van der Waals surface area contributed by atoms with Crippen molar-refractivity contribution in [3.8, 4) is 0 Å². The van der Waals surface area contributed by atoms with Crippen LogP contribution in [0, 0.1) is 19.8 Å². The van der Waals surface area contributed by atoms with Crippen molar-refractivity contribution in [1.29, 1.82) is 0 Å². The number of hydrogen-bond donors (Lipinski definition) is 2. The number of hydrogen-bond acceptors (Lipinski definition) is 2. The quantitative estimate of drug-likeness (QED) is 0.753. The maximum atomic E-state index is 11.3. The van der Waals surface area contributed by atoms with Crippen molar-refractivity contribution >= 4 is 5.69 Å². The Morgan fingerprint density at radius 3 is 2.43 bits per heavy atom. The minimum absolute atomic E-state index is 0.174. The van der Waals surface area contributed by atoms with Crippen molar-refractivity contribution in [3.05, 3.63) is 27.2 Å². The van der Waals surface area contributed by atoms with Crippen LogP contribution in [0.5, 0.6) is 0 Å². The Hall–Kier alpha value is -1.25. The van der Waals surface area contributed by atoms with E-state index in [0.717, 1.165) is 17.7 Å². The van der Waals surface area contributed by atoms with E-state index in [9.17, 15) is 4.79 Å². The van der Waals surface area contributed by atoms with Gasteiger partial charge < -0.3 is 10.7 Å². The molecule has 0 aliphatic rings. The van der Waals surface area contributed by atoms with Gasteiger partial charge in [0.1, 0.15) is 5.69 Å². The average molecular weight is 194 g/mol. The molecule has 0 radical (unpaired) electrons. The Morgan fingerprint density at radius 1 is 1.36 bits per heavy atom. The first kappa shape index (κ1) is 10.8. The number of aromatic nitrogens is 1. The molecule has 1 aromatic heterocycles. The van der Waals surface area contributed by atoms with Crippen molar-refractivity contribution in [3.63, 3.8) is 0 Å². The van der Waals surface area contributed by atoms with Crippen molar-refractivity contribution in [1.82, 2.24) is 4.98 Å². The SMILES string of the molecule is Cc1[nH]c(=O)c(N)c(C)c1CC(C)C. The number of rotatable bonds is 2. The van der Waals surface area contributed by atoms with Crippen LogP contribution in [-0.2, 0) is 6.42 Å². The zero-order valence-corrected chi connectivity index (χ0v) is 9.27. The lowest BCUT2D eigenvalue weighted by Gasteiger charge is -2.13. The first-order valence-corrected chi connectivity index (χ1v) is 4.91. The highest BCUT2D eigenvalue weighted by atomic mass is 16.1. The van der Waals surface area contributed by atoms with Gasteiger partial charge in [0, 0.05) is 5.69 Å². The van der Waals surface area contributed by atoms with E-state index in [2.05, 4.69) is 18.8 Å². The van der Waals surface area contributed by atoms with Gasteiger partial charge in [0.2, 0.25) is 0 Å². The second-order valence-electron chi connectivity index (χ2n) is 4.19. The molecule has 3 N–H and O–H groups in total. The van der Waals surface area contributed by atoms with Crippen LogP contribution in [0.3, 0.4) is 0 Å². The highest BCUT2D eigenvalue weighted by Crippen LogP contribution is 2.18. The molecule has 1 heterocycles. The summed E-state index contributed by atoms with van der Waals surface area (Å²) in [4.78, 5) is 14.1. The molecule has 0 bridgehead atoms. The van der Waals surface area contributed by atoms with Gasteiger partial charge in [0.15, 0.2) is 0 Å². The van der Waals surface area contributed by atoms with E-state index in [0.29, 0.717) is 11.6 Å². The van der Waals surface area contributed by atoms with Gasteiger partial charge in [-0.05, 0) is 37.3 Å². The first-order valence-electron chi connectivity index (χ1n) is 4.91. The summed E-state index contributed by atoms with van der Waals surface area (Å²) in [6, 6.07) is 0. The van der Waals surface area contributed by atoms with E-state index in [1.807, 2.05) is 13.8 Å². The van der Waals surface area contributed by atoms with Crippen LogP contribution < -0.4 is 11.3 Å². The summed E-state index contributed by atoms with van der Waals surface area (Å²) < 4.78 is 0. The summed E-state index contributed by atoms with van der Waals surface area (Å²) in [5.41, 5.74) is 8.91. The number of nitrogens with two attached hydrogens (primary N) is 1. The van der Waals surface area contributed by atoms with Crippen molar-refractivity contribution in [2.45, 2.75) is 34.1 Å². The van der Waals surface area contributed by atoms with E-state index in [1.165, 1.54) is 5.56 Å². The largest absolute Gasteiger partial charge is 0.394 e. The minimum atomic E-state index is -0.174. The van der Waals surface area contributed by atoms with E-state index < -0.39 is 0 Å². The van der Waals surface area contributed by atoms with E-state index >= 15 is 0 Å². The van der Waals surface area contributed by atoms with Gasteiger partial charge in [0.05, 0.1) is 0 Å². The number of nitrogen functional groups attached to an aromatic ring is 1. The highest BCUT2D eigenvalue weighted by Gasteiger charge is 2.10. The normalized spacial score (nSPS) is 10.9. The van der Waals surface area contributed by atoms with E-state index in [-0.39, 0.29) is 5.56 Å². The molecule has 0 saturated heterocycles. The number of aromatic amines is 1. The smallest absolute Gasteiger partial charge is 0.271 e. The second kappa shape index (κ2) is 3.86. The zero-order chi connectivity index (χ0) is 10.9. The molecular formula is C11H18N2O. The van der Waals surface area contributed by atoms with Gasteiger partial charge in [-0.3, -0.25) is 4.79 Å². The highest BCUT2D eigenvalue weighted by molar-refractivity contribution is 5.49. The molecule has 14 heavy (non-hydrogen) atoms. The maximum absolute atomic E-state index is 11.3. The second-order valence-corrected chi connectivity index (χ2v) is 4.19. The van der Waals surface area contributed by atoms with Crippen molar-refractivity contribution < 1.29 is 0 Å². The third-order valence-corrected chi connectivity index (χ3v) is 2.47. The molecule has 0 spiro atoms. The topological polar surface area (TPSA) is 58.9 Å². The molecule has 0 atom stereocenters. The monoisotopic (exact) mass is 194 g/mol. The van der Waals surface area contributed by atoms with Crippen LogP contribution in [-0.4, -0.2) is 4.98 Å². The third-order valence-electron chi connectivity index (χ3n) is 2.47. The van der Waals surface area contributed by atoms with Crippen LogP contribution in [0.15, 0.2) is 4.79 Å². The molecule has 0 saturated carbocycles. The Bertz CT molecular complexity index is 391. The van der Waals surface area contributed by atoms with Gasteiger partial charge in [-0.2, -0.15) is 0 Å². The van der Waals surface area contributed by atoms with Crippen LogP contribution in [0.4, 0.5) is 5.69 Å². The lowest BCUT2D eigenvalue weighted by atomic mass is 9.97.